The van der Waals surface area contributed by atoms with Crippen molar-refractivity contribution >= 4 is 11.8 Å². The second kappa shape index (κ2) is 5.11. The first-order chi connectivity index (χ1) is 7.08. The molecule has 82 valence electrons. The molecule has 0 aliphatic heterocycles. The fourth-order valence-corrected chi connectivity index (χ4v) is 0.774. The van der Waals surface area contributed by atoms with Crippen LogP contribution in [0.15, 0.2) is 12.4 Å². The van der Waals surface area contributed by atoms with E-state index in [-0.39, 0.29) is 18.3 Å². The number of aromatic nitrogens is 2. The van der Waals surface area contributed by atoms with Gasteiger partial charge in [0.25, 0.3) is 0 Å². The van der Waals surface area contributed by atoms with E-state index in [1.165, 1.54) is 12.4 Å². The maximum absolute atomic E-state index is 10.2. The van der Waals surface area contributed by atoms with Gasteiger partial charge in [-0.15, -0.1) is 0 Å². The molecule has 0 aliphatic rings. The first-order valence-electron chi connectivity index (χ1n) is 4.21. The van der Waals surface area contributed by atoms with Gasteiger partial charge in [-0.1, -0.05) is 0 Å². The van der Waals surface area contributed by atoms with Gasteiger partial charge in [-0.25, -0.2) is 14.8 Å². The Balaban J connectivity index is 2.52. The molecule has 0 radical (unpaired) electrons. The zero-order valence-corrected chi connectivity index (χ0v) is 8.04. The SMILES string of the molecule is C[C@@H](O)COc1ncc(NC(=O)O)cn1. The smallest absolute Gasteiger partial charge is 0.409 e. The molecular weight excluding hydrogens is 202 g/mol. The van der Waals surface area contributed by atoms with E-state index in [1.807, 2.05) is 0 Å². The van der Waals surface area contributed by atoms with E-state index < -0.39 is 12.2 Å². The maximum Gasteiger partial charge on any atom is 0.409 e. The lowest BCUT2D eigenvalue weighted by Gasteiger charge is -2.06. The summed E-state index contributed by atoms with van der Waals surface area (Å²) in [7, 11) is 0. The van der Waals surface area contributed by atoms with Crippen LogP contribution < -0.4 is 10.1 Å². The van der Waals surface area contributed by atoms with E-state index in [2.05, 4.69) is 15.3 Å². The third kappa shape index (κ3) is 4.23. The Morgan fingerprint density at radius 1 is 1.60 bits per heavy atom. The molecule has 7 heteroatoms. The molecule has 0 unspecified atom stereocenters. The second-order valence-corrected chi connectivity index (χ2v) is 2.84. The number of nitrogens with one attached hydrogen (secondary N) is 1. The highest BCUT2D eigenvalue weighted by molar-refractivity contribution is 5.82. The molecule has 0 saturated heterocycles. The van der Waals surface area contributed by atoms with Gasteiger partial charge in [-0.05, 0) is 6.92 Å². The molecule has 7 nitrogen and oxygen atoms in total. The highest BCUT2D eigenvalue weighted by Gasteiger charge is 2.02. The zero-order chi connectivity index (χ0) is 11.3. The van der Waals surface area contributed by atoms with Crippen molar-refractivity contribution in [2.45, 2.75) is 13.0 Å². The monoisotopic (exact) mass is 213 g/mol. The van der Waals surface area contributed by atoms with Crippen LogP contribution >= 0.6 is 0 Å². The van der Waals surface area contributed by atoms with Crippen molar-refractivity contribution in [2.24, 2.45) is 0 Å². The van der Waals surface area contributed by atoms with Crippen molar-refractivity contribution in [1.82, 2.24) is 9.97 Å². The quantitative estimate of drug-likeness (QED) is 0.665. The molecule has 0 fully saturated rings. The summed E-state index contributed by atoms with van der Waals surface area (Å²) in [6.45, 7) is 1.66. The Bertz CT molecular complexity index is 325. The first kappa shape index (κ1) is 11.2. The number of carbonyl (C=O) groups is 1. The van der Waals surface area contributed by atoms with E-state index in [0.717, 1.165) is 0 Å². The Kier molecular flexibility index (Phi) is 3.81. The normalized spacial score (nSPS) is 11.9. The number of amides is 1. The molecule has 1 amide bonds. The molecule has 15 heavy (non-hydrogen) atoms. The van der Waals surface area contributed by atoms with Crippen molar-refractivity contribution in [3.8, 4) is 6.01 Å². The molecule has 0 spiro atoms. The fraction of sp³-hybridized carbons (Fsp3) is 0.375. The summed E-state index contributed by atoms with van der Waals surface area (Å²) >= 11 is 0. The van der Waals surface area contributed by atoms with Crippen LogP contribution in [0.5, 0.6) is 6.01 Å². The van der Waals surface area contributed by atoms with E-state index in [4.69, 9.17) is 14.9 Å². The third-order valence-electron chi connectivity index (χ3n) is 1.33. The Hall–Kier alpha value is -1.89. The van der Waals surface area contributed by atoms with Crippen molar-refractivity contribution in [2.75, 3.05) is 11.9 Å². The van der Waals surface area contributed by atoms with Crippen LogP contribution in [0.3, 0.4) is 0 Å². The summed E-state index contributed by atoms with van der Waals surface area (Å²) in [5, 5.41) is 19.4. The number of anilines is 1. The Labute approximate surface area is 85.7 Å². The topological polar surface area (TPSA) is 105 Å². The van der Waals surface area contributed by atoms with Crippen molar-refractivity contribution in [1.29, 1.82) is 0 Å². The van der Waals surface area contributed by atoms with Gasteiger partial charge < -0.3 is 14.9 Å². The van der Waals surface area contributed by atoms with Crippen molar-refractivity contribution < 1.29 is 19.7 Å². The molecule has 0 aromatic carbocycles. The predicted octanol–water partition coefficient (Wildman–Crippen LogP) is 0.326. The zero-order valence-electron chi connectivity index (χ0n) is 8.04. The van der Waals surface area contributed by atoms with E-state index in [1.54, 1.807) is 6.92 Å². The number of hydrogen-bond acceptors (Lipinski definition) is 5. The average molecular weight is 213 g/mol. The maximum atomic E-state index is 10.2. The molecule has 1 aromatic rings. The minimum absolute atomic E-state index is 0.0890. The van der Waals surface area contributed by atoms with Crippen LogP contribution in [0.4, 0.5) is 10.5 Å². The minimum atomic E-state index is -1.18. The summed E-state index contributed by atoms with van der Waals surface area (Å²) in [5.74, 6) is 0. The van der Waals surface area contributed by atoms with Crippen LogP contribution in [-0.2, 0) is 0 Å². The lowest BCUT2D eigenvalue weighted by atomic mass is 10.4. The minimum Gasteiger partial charge on any atom is -0.465 e. The van der Waals surface area contributed by atoms with E-state index >= 15 is 0 Å². The van der Waals surface area contributed by atoms with E-state index in [0.29, 0.717) is 0 Å². The molecule has 1 heterocycles. The Morgan fingerprint density at radius 2 is 2.20 bits per heavy atom. The van der Waals surface area contributed by atoms with Gasteiger partial charge in [0, 0.05) is 0 Å². The van der Waals surface area contributed by atoms with Crippen LogP contribution in [0.2, 0.25) is 0 Å². The molecule has 0 aliphatic carbocycles. The predicted molar refractivity (Wildman–Crippen MR) is 50.9 cm³/mol. The molecule has 1 rings (SSSR count). The molecule has 0 bridgehead atoms. The number of aliphatic hydroxyl groups is 1. The lowest BCUT2D eigenvalue weighted by Crippen LogP contribution is -2.14. The van der Waals surface area contributed by atoms with Crippen molar-refractivity contribution in [3.05, 3.63) is 12.4 Å². The average Bonchev–Trinajstić information content (AvgIpc) is 2.16. The number of hydrogen-bond donors (Lipinski definition) is 3. The standard InChI is InChI=1S/C8H11N3O4/c1-5(12)4-15-7-9-2-6(3-10-7)11-8(13)14/h2-3,5,11-12H,4H2,1H3,(H,13,14)/t5-/m1/s1. The third-order valence-corrected chi connectivity index (χ3v) is 1.33. The molecule has 3 N–H and O–H groups in total. The number of aliphatic hydroxyl groups excluding tert-OH is 1. The largest absolute Gasteiger partial charge is 0.465 e. The molecular formula is C8H11N3O4. The van der Waals surface area contributed by atoms with Gasteiger partial charge in [0.1, 0.15) is 6.61 Å². The summed E-state index contributed by atoms with van der Waals surface area (Å²) < 4.78 is 4.98. The summed E-state index contributed by atoms with van der Waals surface area (Å²) in [5.41, 5.74) is 0.256. The Morgan fingerprint density at radius 3 is 2.67 bits per heavy atom. The second-order valence-electron chi connectivity index (χ2n) is 2.84. The first-order valence-corrected chi connectivity index (χ1v) is 4.21. The van der Waals surface area contributed by atoms with Gasteiger partial charge in [0.2, 0.25) is 0 Å². The lowest BCUT2D eigenvalue weighted by molar-refractivity contribution is 0.117. The highest BCUT2D eigenvalue weighted by atomic mass is 16.5. The number of rotatable bonds is 4. The molecule has 1 atom stereocenters. The highest BCUT2D eigenvalue weighted by Crippen LogP contribution is 2.07. The van der Waals surface area contributed by atoms with Crippen LogP contribution in [0.1, 0.15) is 6.92 Å². The van der Waals surface area contributed by atoms with Gasteiger partial charge >= 0.3 is 12.1 Å². The molecule has 1 aromatic heterocycles. The van der Waals surface area contributed by atoms with Crippen LogP contribution in [-0.4, -0.2) is 39.0 Å². The summed E-state index contributed by atoms with van der Waals surface area (Å²) in [4.78, 5) is 17.7. The number of nitrogens with zero attached hydrogens (tertiary/aromatic N) is 2. The van der Waals surface area contributed by atoms with Gasteiger partial charge in [-0.3, -0.25) is 5.32 Å². The fourth-order valence-electron chi connectivity index (χ4n) is 0.774. The van der Waals surface area contributed by atoms with Crippen LogP contribution in [0, 0.1) is 0 Å². The van der Waals surface area contributed by atoms with Gasteiger partial charge in [-0.2, -0.15) is 0 Å². The summed E-state index contributed by atoms with van der Waals surface area (Å²) in [6, 6.07) is 0.0897. The summed E-state index contributed by atoms with van der Waals surface area (Å²) in [6.07, 6.45) is 0.762. The van der Waals surface area contributed by atoms with Crippen LogP contribution in [0.25, 0.3) is 0 Å². The van der Waals surface area contributed by atoms with Gasteiger partial charge in [0.05, 0.1) is 24.2 Å². The number of ether oxygens (including phenoxy) is 1. The molecule has 0 saturated carbocycles. The van der Waals surface area contributed by atoms with Gasteiger partial charge in [0.15, 0.2) is 0 Å². The van der Waals surface area contributed by atoms with E-state index in [9.17, 15) is 4.79 Å². The number of carboxylic acid groups (broad SMARTS) is 1. The van der Waals surface area contributed by atoms with Crippen molar-refractivity contribution in [3.63, 3.8) is 0 Å².